The highest BCUT2D eigenvalue weighted by Crippen LogP contribution is 2.74. The van der Waals surface area contributed by atoms with E-state index < -0.39 is 29.0 Å². The molecule has 3 aromatic rings. The van der Waals surface area contributed by atoms with Crippen molar-refractivity contribution in [3.05, 3.63) is 72.9 Å². The molecule has 1 aromatic heterocycles. The maximum Gasteiger partial charge on any atom is 0.328 e. The van der Waals surface area contributed by atoms with E-state index in [-0.39, 0.29) is 47.3 Å². The molecule has 5 saturated carbocycles. The van der Waals surface area contributed by atoms with Gasteiger partial charge in [0, 0.05) is 45.9 Å². The molecule has 48 heavy (non-hydrogen) atoms. The van der Waals surface area contributed by atoms with Crippen LogP contribution < -0.4 is 10.1 Å². The van der Waals surface area contributed by atoms with Gasteiger partial charge in [-0.15, -0.1) is 11.7 Å². The number of rotatable bonds is 8. The van der Waals surface area contributed by atoms with Crippen LogP contribution in [0.5, 0.6) is 5.75 Å². The van der Waals surface area contributed by atoms with Gasteiger partial charge in [0.1, 0.15) is 29.9 Å². The van der Waals surface area contributed by atoms with Crippen molar-refractivity contribution >= 4 is 23.3 Å². The summed E-state index contributed by atoms with van der Waals surface area (Å²) in [7, 11) is 1.57. The molecule has 10 nitrogen and oxygen atoms in total. The van der Waals surface area contributed by atoms with Crippen LogP contribution >= 0.6 is 0 Å². The van der Waals surface area contributed by atoms with E-state index in [1.807, 2.05) is 18.2 Å². The second kappa shape index (κ2) is 11.7. The minimum atomic E-state index is -0.635. The Hall–Kier alpha value is -4.31. The summed E-state index contributed by atoms with van der Waals surface area (Å²) in [5.74, 6) is 0.161. The lowest BCUT2D eigenvalue weighted by Gasteiger charge is -2.67. The molecule has 2 aromatic carbocycles. The number of hydrogen-bond donors (Lipinski definition) is 2. The number of nitrogens with zero attached hydrogens (tertiary/aromatic N) is 3. The van der Waals surface area contributed by atoms with Gasteiger partial charge in [0.15, 0.2) is 0 Å². The first kappa shape index (κ1) is 32.2. The van der Waals surface area contributed by atoms with Gasteiger partial charge in [-0.05, 0) is 79.3 Å². The zero-order chi connectivity index (χ0) is 34.0. The molecule has 9 atom stereocenters. The molecule has 8 rings (SSSR count). The van der Waals surface area contributed by atoms with E-state index in [0.717, 1.165) is 24.8 Å². The van der Waals surface area contributed by atoms with Gasteiger partial charge in [0.2, 0.25) is 0 Å². The summed E-state index contributed by atoms with van der Waals surface area (Å²) in [6.07, 6.45) is 6.29. The van der Waals surface area contributed by atoms with Crippen molar-refractivity contribution in [2.24, 2.45) is 39.9 Å². The smallest absolute Gasteiger partial charge is 0.328 e. The number of aliphatic hydroxyl groups excluding tert-OH is 1. The lowest BCUT2D eigenvalue weighted by atomic mass is 9.38. The molecule has 252 valence electrons. The number of carbonyl (C=O) groups excluding carboxylic acids is 3. The fourth-order valence-electron chi connectivity index (χ4n) is 10.2. The van der Waals surface area contributed by atoms with Crippen LogP contribution in [0.3, 0.4) is 0 Å². The Labute approximate surface area is 280 Å². The number of esters is 1. The van der Waals surface area contributed by atoms with Gasteiger partial charge in [-0.2, -0.15) is 0 Å². The first-order valence-electron chi connectivity index (χ1n) is 16.9. The molecular formula is C38H44N4O6. The summed E-state index contributed by atoms with van der Waals surface area (Å²) in [5, 5.41) is 23.1. The topological polar surface area (TPSA) is 133 Å². The van der Waals surface area contributed by atoms with E-state index in [0.29, 0.717) is 35.5 Å². The van der Waals surface area contributed by atoms with Gasteiger partial charge in [-0.1, -0.05) is 44.2 Å². The number of fused-ring (bicyclic) bond motifs is 4. The fourth-order valence-corrected chi connectivity index (χ4v) is 10.2. The van der Waals surface area contributed by atoms with Crippen LogP contribution in [0.15, 0.2) is 67.4 Å². The highest BCUT2D eigenvalue weighted by molar-refractivity contribution is 6.04. The highest BCUT2D eigenvalue weighted by atomic mass is 16.5. The van der Waals surface area contributed by atoms with Crippen LogP contribution in [-0.4, -0.2) is 57.1 Å². The number of amides is 1. The van der Waals surface area contributed by atoms with E-state index in [9.17, 15) is 19.5 Å². The van der Waals surface area contributed by atoms with Crippen molar-refractivity contribution in [3.63, 3.8) is 0 Å². The van der Waals surface area contributed by atoms with E-state index >= 15 is 0 Å². The molecule has 5 fully saturated rings. The first-order chi connectivity index (χ1) is 22.9. The maximum atomic E-state index is 13.6. The number of nitrogens with one attached hydrogen (secondary N) is 1. The van der Waals surface area contributed by atoms with Gasteiger partial charge in [-0.3, -0.25) is 14.4 Å². The maximum absolute atomic E-state index is 13.6. The summed E-state index contributed by atoms with van der Waals surface area (Å²) in [4.78, 5) is 40.0. The molecule has 1 heterocycles. The average Bonchev–Trinajstić information content (AvgIpc) is 3.71. The van der Waals surface area contributed by atoms with Crippen LogP contribution in [-0.2, 0) is 20.9 Å². The van der Waals surface area contributed by atoms with Crippen molar-refractivity contribution in [1.82, 2.24) is 15.0 Å². The quantitative estimate of drug-likeness (QED) is 0.233. The lowest BCUT2D eigenvalue weighted by Crippen LogP contribution is -2.69. The fraction of sp³-hybridized carbons (Fsp3) is 0.500. The molecule has 0 aliphatic heterocycles. The molecule has 4 bridgehead atoms. The second-order valence-corrected chi connectivity index (χ2v) is 14.9. The minimum Gasteiger partial charge on any atom is -0.497 e. The Kier molecular flexibility index (Phi) is 7.85. The number of Topliss-reactive ketones (excluding diaryl/α,β-unsaturated/α-hetero) is 1. The summed E-state index contributed by atoms with van der Waals surface area (Å²) < 4.78 is 13.0. The lowest BCUT2D eigenvalue weighted by molar-refractivity contribution is -0.255. The van der Waals surface area contributed by atoms with E-state index in [1.54, 1.807) is 49.7 Å². The third-order valence-electron chi connectivity index (χ3n) is 12.6. The largest absolute Gasteiger partial charge is 0.497 e. The van der Waals surface area contributed by atoms with Gasteiger partial charge in [-0.25, -0.2) is 4.68 Å². The molecule has 0 radical (unpaired) electrons. The van der Waals surface area contributed by atoms with E-state index in [1.165, 1.54) is 4.68 Å². The Morgan fingerprint density at radius 1 is 1.17 bits per heavy atom. The molecule has 10 heteroatoms. The van der Waals surface area contributed by atoms with E-state index in [2.05, 4.69) is 43.0 Å². The SMILES string of the molecule is C=C[C@]1(C)CC2C3CC[C@]4(CCC(=O)[C@H]4[C@]3(C)[C@@H]2OC(=O)Cn2cc(-c3cccc(NC(=O)c4ccc(OC)cc4)c3)nn2)[C@@H](C)[C@@H]1O. The normalized spacial score (nSPS) is 35.0. The van der Waals surface area contributed by atoms with Gasteiger partial charge in [0.05, 0.1) is 19.4 Å². The predicted molar refractivity (Wildman–Crippen MR) is 179 cm³/mol. The van der Waals surface area contributed by atoms with Gasteiger partial charge in [0.25, 0.3) is 5.91 Å². The van der Waals surface area contributed by atoms with Crippen LogP contribution in [0.2, 0.25) is 0 Å². The Morgan fingerprint density at radius 3 is 2.67 bits per heavy atom. The molecule has 2 N–H and O–H groups in total. The summed E-state index contributed by atoms with van der Waals surface area (Å²) in [6, 6.07) is 14.1. The van der Waals surface area contributed by atoms with Crippen molar-refractivity contribution in [2.75, 3.05) is 12.4 Å². The molecular weight excluding hydrogens is 608 g/mol. The molecule has 1 amide bonds. The zero-order valence-corrected chi connectivity index (χ0v) is 28.0. The van der Waals surface area contributed by atoms with Crippen molar-refractivity contribution < 1.29 is 29.0 Å². The van der Waals surface area contributed by atoms with Crippen molar-refractivity contribution in [2.45, 2.75) is 71.6 Å². The second-order valence-electron chi connectivity index (χ2n) is 14.9. The van der Waals surface area contributed by atoms with Crippen LogP contribution in [0, 0.1) is 39.9 Å². The number of methoxy groups -OCH3 is 1. The number of hydrogen-bond acceptors (Lipinski definition) is 8. The van der Waals surface area contributed by atoms with Crippen LogP contribution in [0.1, 0.15) is 63.2 Å². The molecule has 1 spiro atoms. The van der Waals surface area contributed by atoms with Crippen molar-refractivity contribution in [1.29, 1.82) is 0 Å². The van der Waals surface area contributed by atoms with Gasteiger partial charge < -0.3 is 19.9 Å². The standard InChI is InChI=1S/C38H44N4O6/c1-6-36(3)19-27-28-14-16-38(22(2)33(36)45)17-15-30(43)32(38)37(28,4)34(27)48-31(44)21-42-20-29(40-41-42)24-8-7-9-25(18-24)39-35(46)23-10-12-26(47-5)13-11-23/h6-13,18,20,22,27-28,32-34,45H,1,14-17,19,21H2,2-5H3,(H,39,46)/t22-,27?,28?,32-,33-,34+,36+,37+,38-/m0/s1. The number of aromatic nitrogens is 3. The monoisotopic (exact) mass is 652 g/mol. The number of ketones is 1. The molecule has 2 unspecified atom stereocenters. The Morgan fingerprint density at radius 2 is 1.94 bits per heavy atom. The summed E-state index contributed by atoms with van der Waals surface area (Å²) in [5.41, 5.74) is 1.01. The average molecular weight is 653 g/mol. The van der Waals surface area contributed by atoms with Gasteiger partial charge >= 0.3 is 5.97 Å². The zero-order valence-electron chi connectivity index (χ0n) is 28.0. The third-order valence-corrected chi connectivity index (χ3v) is 12.6. The third kappa shape index (κ3) is 4.90. The molecule has 0 saturated heterocycles. The number of benzene rings is 2. The number of ether oxygens (including phenoxy) is 2. The van der Waals surface area contributed by atoms with Crippen LogP contribution in [0.25, 0.3) is 11.3 Å². The van der Waals surface area contributed by atoms with Crippen molar-refractivity contribution in [3.8, 4) is 17.0 Å². The van der Waals surface area contributed by atoms with E-state index in [4.69, 9.17) is 9.47 Å². The number of carbonyl (C=O) groups is 3. The molecule has 5 aliphatic rings. The summed E-state index contributed by atoms with van der Waals surface area (Å²) >= 11 is 0. The Balaban J connectivity index is 1.08. The minimum absolute atomic E-state index is 0.0236. The molecule has 5 aliphatic carbocycles. The summed E-state index contributed by atoms with van der Waals surface area (Å²) in [6.45, 7) is 10.3. The Bertz CT molecular complexity index is 1770. The number of aliphatic hydroxyl groups is 1. The van der Waals surface area contributed by atoms with Crippen LogP contribution in [0.4, 0.5) is 5.69 Å². The highest BCUT2D eigenvalue weighted by Gasteiger charge is 2.75. The predicted octanol–water partition coefficient (Wildman–Crippen LogP) is 5.72. The number of anilines is 1. The first-order valence-corrected chi connectivity index (χ1v) is 16.9.